The Bertz CT molecular complexity index is 193. The van der Waals surface area contributed by atoms with Crippen LogP contribution in [0.1, 0.15) is 0 Å². The molecule has 0 amide bonds. The molecule has 0 saturated heterocycles. The van der Waals surface area contributed by atoms with Gasteiger partial charge in [0.25, 0.3) is 0 Å². The van der Waals surface area contributed by atoms with E-state index in [0.717, 1.165) is 7.11 Å². The van der Waals surface area contributed by atoms with E-state index in [0.29, 0.717) is 0 Å². The topological polar surface area (TPSA) is 83.8 Å². The third-order valence-electron chi connectivity index (χ3n) is 0.827. The molecule has 10 heavy (non-hydrogen) atoms. The van der Waals surface area contributed by atoms with E-state index in [9.17, 15) is 9.13 Å². The van der Waals surface area contributed by atoms with Crippen LogP contribution in [0.5, 0.6) is 0 Å². The predicted octanol–water partition coefficient (Wildman–Crippen LogP) is 0.676. The molecule has 0 aromatic heterocycles. The SMILES string of the molecule is COP(C)(=O)CP(=O)(O)O. The second kappa shape index (κ2) is 3.16. The van der Waals surface area contributed by atoms with Gasteiger partial charge in [-0.25, -0.2) is 0 Å². The van der Waals surface area contributed by atoms with Crippen LogP contribution in [0.4, 0.5) is 0 Å². The van der Waals surface area contributed by atoms with Crippen LogP contribution < -0.4 is 0 Å². The number of hydrogen-bond donors (Lipinski definition) is 2. The Hall–Kier alpha value is 0.340. The molecule has 0 aliphatic rings. The summed E-state index contributed by atoms with van der Waals surface area (Å²) in [5, 5.41) is 0. The zero-order valence-corrected chi connectivity index (χ0v) is 7.51. The maximum absolute atomic E-state index is 10.9. The minimum Gasteiger partial charge on any atom is -0.332 e. The van der Waals surface area contributed by atoms with Crippen LogP contribution in [0.2, 0.25) is 0 Å². The summed E-state index contributed by atoms with van der Waals surface area (Å²) in [6.45, 7) is 1.19. The minimum atomic E-state index is -4.19. The summed E-state index contributed by atoms with van der Waals surface area (Å²) < 4.78 is 25.5. The molecule has 0 saturated carbocycles. The van der Waals surface area contributed by atoms with E-state index in [1.807, 2.05) is 0 Å². The van der Waals surface area contributed by atoms with Crippen LogP contribution in [0, 0.1) is 0 Å². The maximum Gasteiger partial charge on any atom is 0.335 e. The van der Waals surface area contributed by atoms with Gasteiger partial charge in [-0.2, -0.15) is 0 Å². The third-order valence-corrected chi connectivity index (χ3v) is 5.13. The standard InChI is InChI=1S/C3H10O5P2/c1-8-9(2,4)3-10(5,6)7/h3H2,1-2H3,(H2,5,6,7). The molecular formula is C3H10O5P2. The highest BCUT2D eigenvalue weighted by Crippen LogP contribution is 2.54. The van der Waals surface area contributed by atoms with E-state index in [1.165, 1.54) is 6.66 Å². The lowest BCUT2D eigenvalue weighted by molar-refractivity contribution is 0.369. The van der Waals surface area contributed by atoms with E-state index in [-0.39, 0.29) is 0 Å². The molecule has 0 spiro atoms. The lowest BCUT2D eigenvalue weighted by Gasteiger charge is -2.10. The van der Waals surface area contributed by atoms with Gasteiger partial charge >= 0.3 is 7.60 Å². The minimum absolute atomic E-state index is 0.684. The molecule has 0 aromatic rings. The monoisotopic (exact) mass is 188 g/mol. The highest BCUT2D eigenvalue weighted by molar-refractivity contribution is 7.72. The first kappa shape index (κ1) is 10.3. The second-order valence-corrected chi connectivity index (χ2v) is 6.86. The Balaban J connectivity index is 4.17. The van der Waals surface area contributed by atoms with Crippen molar-refractivity contribution in [2.24, 2.45) is 0 Å². The molecule has 0 aliphatic carbocycles. The van der Waals surface area contributed by atoms with Gasteiger partial charge in [0.2, 0.25) is 7.37 Å². The molecule has 1 unspecified atom stereocenters. The van der Waals surface area contributed by atoms with Crippen molar-refractivity contribution in [2.75, 3.05) is 19.7 Å². The molecular weight excluding hydrogens is 178 g/mol. The van der Waals surface area contributed by atoms with Crippen LogP contribution in [0.25, 0.3) is 0 Å². The Morgan fingerprint density at radius 2 is 1.80 bits per heavy atom. The fourth-order valence-electron chi connectivity index (χ4n) is 0.392. The second-order valence-electron chi connectivity index (χ2n) is 2.00. The molecule has 0 fully saturated rings. The summed E-state index contributed by atoms with van der Waals surface area (Å²) in [4.78, 5) is 16.7. The fraction of sp³-hybridized carbons (Fsp3) is 1.00. The molecule has 0 aromatic carbocycles. The van der Waals surface area contributed by atoms with Crippen LogP contribution in [-0.2, 0) is 13.7 Å². The smallest absolute Gasteiger partial charge is 0.332 e. The van der Waals surface area contributed by atoms with E-state index in [2.05, 4.69) is 4.52 Å². The van der Waals surface area contributed by atoms with Gasteiger partial charge in [-0.05, 0) is 0 Å². The molecule has 0 aliphatic heterocycles. The van der Waals surface area contributed by atoms with Crippen molar-refractivity contribution in [3.05, 3.63) is 0 Å². The van der Waals surface area contributed by atoms with Gasteiger partial charge in [0, 0.05) is 13.8 Å². The first-order valence-electron chi connectivity index (χ1n) is 2.44. The van der Waals surface area contributed by atoms with Crippen LogP contribution in [0.15, 0.2) is 0 Å². The van der Waals surface area contributed by atoms with Gasteiger partial charge in [0.1, 0.15) is 5.90 Å². The molecule has 2 N–H and O–H groups in total. The van der Waals surface area contributed by atoms with Gasteiger partial charge in [-0.1, -0.05) is 0 Å². The van der Waals surface area contributed by atoms with Crippen molar-refractivity contribution in [2.45, 2.75) is 0 Å². The Morgan fingerprint density at radius 3 is 1.90 bits per heavy atom. The van der Waals surface area contributed by atoms with Gasteiger partial charge in [0.05, 0.1) is 0 Å². The van der Waals surface area contributed by atoms with Gasteiger partial charge in [-0.3, -0.25) is 9.13 Å². The van der Waals surface area contributed by atoms with E-state index >= 15 is 0 Å². The Kier molecular flexibility index (Phi) is 3.27. The summed E-state index contributed by atoms with van der Waals surface area (Å²) >= 11 is 0. The lowest BCUT2D eigenvalue weighted by atomic mass is 11.8. The average molecular weight is 188 g/mol. The molecule has 7 heteroatoms. The largest absolute Gasteiger partial charge is 0.335 e. The van der Waals surface area contributed by atoms with Crippen molar-refractivity contribution in [1.29, 1.82) is 0 Å². The molecule has 0 bridgehead atoms. The summed E-state index contributed by atoms with van der Waals surface area (Å²) in [5.74, 6) is -0.684. The van der Waals surface area contributed by atoms with Crippen molar-refractivity contribution in [3.63, 3.8) is 0 Å². The van der Waals surface area contributed by atoms with Crippen molar-refractivity contribution in [1.82, 2.24) is 0 Å². The summed E-state index contributed by atoms with van der Waals surface area (Å²) in [6, 6.07) is 0. The Labute approximate surface area is 59.0 Å². The highest BCUT2D eigenvalue weighted by Gasteiger charge is 2.26. The molecule has 0 radical (unpaired) electrons. The summed E-state index contributed by atoms with van der Waals surface area (Å²) in [5.41, 5.74) is 0. The first-order chi connectivity index (χ1) is 4.27. The quantitative estimate of drug-likeness (QED) is 0.636. The molecule has 5 nitrogen and oxygen atoms in total. The average Bonchev–Trinajstić information content (AvgIpc) is 1.60. The number of hydrogen-bond acceptors (Lipinski definition) is 3. The highest BCUT2D eigenvalue weighted by atomic mass is 31.2. The first-order valence-corrected chi connectivity index (χ1v) is 6.49. The summed E-state index contributed by atoms with van der Waals surface area (Å²) in [7, 11) is -6.09. The van der Waals surface area contributed by atoms with Gasteiger partial charge in [-0.15, -0.1) is 0 Å². The molecule has 1 atom stereocenters. The normalized spacial score (nSPS) is 18.4. The number of rotatable bonds is 3. The van der Waals surface area contributed by atoms with Crippen LogP contribution >= 0.6 is 15.0 Å². The Morgan fingerprint density at radius 1 is 1.40 bits per heavy atom. The molecule has 62 valence electrons. The predicted molar refractivity (Wildman–Crippen MR) is 37.5 cm³/mol. The van der Waals surface area contributed by atoms with Crippen molar-refractivity contribution < 1.29 is 23.4 Å². The van der Waals surface area contributed by atoms with Crippen LogP contribution in [0.3, 0.4) is 0 Å². The molecule has 0 heterocycles. The maximum atomic E-state index is 10.9. The van der Waals surface area contributed by atoms with Gasteiger partial charge < -0.3 is 14.3 Å². The van der Waals surface area contributed by atoms with E-state index in [4.69, 9.17) is 9.79 Å². The third kappa shape index (κ3) is 5.15. The zero-order valence-electron chi connectivity index (χ0n) is 5.72. The van der Waals surface area contributed by atoms with E-state index in [1.54, 1.807) is 0 Å². The summed E-state index contributed by atoms with van der Waals surface area (Å²) in [6.07, 6.45) is 0. The van der Waals surface area contributed by atoms with E-state index < -0.39 is 20.9 Å². The fourth-order valence-corrected chi connectivity index (χ4v) is 3.53. The van der Waals surface area contributed by atoms with Crippen LogP contribution in [-0.4, -0.2) is 29.5 Å². The van der Waals surface area contributed by atoms with Crippen molar-refractivity contribution >= 4 is 15.0 Å². The van der Waals surface area contributed by atoms with Crippen molar-refractivity contribution in [3.8, 4) is 0 Å². The molecule has 0 rings (SSSR count). The van der Waals surface area contributed by atoms with Gasteiger partial charge in [0.15, 0.2) is 0 Å². The zero-order chi connectivity index (χ0) is 8.41. The lowest BCUT2D eigenvalue weighted by Crippen LogP contribution is -1.91.